The first-order valence-electron chi connectivity index (χ1n) is 12.9. The first kappa shape index (κ1) is 23.0. The van der Waals surface area contributed by atoms with Gasteiger partial charge < -0.3 is 14.4 Å². The van der Waals surface area contributed by atoms with Crippen molar-refractivity contribution >= 4 is 11.7 Å². The highest BCUT2D eigenvalue weighted by molar-refractivity contribution is 5.98. The van der Waals surface area contributed by atoms with E-state index in [1.54, 1.807) is 6.20 Å². The summed E-state index contributed by atoms with van der Waals surface area (Å²) < 4.78 is 10.9. The fourth-order valence-electron chi connectivity index (χ4n) is 5.38. The maximum atomic E-state index is 12.9. The van der Waals surface area contributed by atoms with Gasteiger partial charge in [-0.15, -0.1) is 0 Å². The molecule has 6 rings (SSSR count). The largest absolute Gasteiger partial charge is 0.454 e. The average Bonchev–Trinajstić information content (AvgIpc) is 3.37. The van der Waals surface area contributed by atoms with Gasteiger partial charge in [0.1, 0.15) is 0 Å². The minimum absolute atomic E-state index is 0.147. The third-order valence-electron chi connectivity index (χ3n) is 7.60. The fraction of sp³-hybridized carbons (Fsp3) is 0.414. The van der Waals surface area contributed by atoms with Gasteiger partial charge in [-0.1, -0.05) is 44.2 Å². The molecule has 2 aliphatic heterocycles. The maximum absolute atomic E-state index is 12.9. The quantitative estimate of drug-likeness (QED) is 0.526. The molecule has 0 saturated carbocycles. The number of aromatic nitrogens is 2. The first-order valence-corrected chi connectivity index (χ1v) is 12.9. The Morgan fingerprint density at radius 3 is 2.53 bits per heavy atom. The summed E-state index contributed by atoms with van der Waals surface area (Å²) in [5.41, 5.74) is 5.34. The lowest BCUT2D eigenvalue weighted by Crippen LogP contribution is -2.46. The van der Waals surface area contributed by atoms with E-state index in [1.165, 1.54) is 16.7 Å². The molecular weight excluding hydrogens is 452 g/mol. The SMILES string of the molecule is CC(C)c1ccc([C@H]2CC(=O)c3cnc(N4CCN(Cc5ccc6c(c5)OCO6)CC4)nc3C2)cc1. The van der Waals surface area contributed by atoms with Crippen LogP contribution >= 0.6 is 0 Å². The first-order chi connectivity index (χ1) is 17.5. The summed E-state index contributed by atoms with van der Waals surface area (Å²) in [6, 6.07) is 14.9. The zero-order chi connectivity index (χ0) is 24.6. The molecule has 0 N–H and O–H groups in total. The van der Waals surface area contributed by atoms with E-state index in [9.17, 15) is 4.79 Å². The van der Waals surface area contributed by atoms with Crippen molar-refractivity contribution in [1.29, 1.82) is 0 Å². The highest BCUT2D eigenvalue weighted by Crippen LogP contribution is 2.34. The predicted molar refractivity (Wildman–Crippen MR) is 138 cm³/mol. The minimum Gasteiger partial charge on any atom is -0.454 e. The van der Waals surface area contributed by atoms with Gasteiger partial charge in [0.05, 0.1) is 11.3 Å². The van der Waals surface area contributed by atoms with Crippen molar-refractivity contribution in [3.63, 3.8) is 0 Å². The summed E-state index contributed by atoms with van der Waals surface area (Å²) in [5, 5.41) is 0. The number of anilines is 1. The van der Waals surface area contributed by atoms with Crippen LogP contribution in [0.3, 0.4) is 0 Å². The molecule has 1 aliphatic carbocycles. The Morgan fingerprint density at radius 1 is 0.972 bits per heavy atom. The molecule has 3 aliphatic rings. The molecule has 186 valence electrons. The molecular formula is C29H32N4O3. The zero-order valence-corrected chi connectivity index (χ0v) is 20.9. The molecule has 1 atom stereocenters. The normalized spacial score (nSPS) is 19.6. The van der Waals surface area contributed by atoms with E-state index in [0.717, 1.165) is 62.3 Å². The van der Waals surface area contributed by atoms with Gasteiger partial charge in [-0.05, 0) is 47.1 Å². The van der Waals surface area contributed by atoms with Gasteiger partial charge in [0, 0.05) is 45.3 Å². The van der Waals surface area contributed by atoms with E-state index in [4.69, 9.17) is 14.5 Å². The molecule has 3 aromatic rings. The second kappa shape index (κ2) is 9.54. The monoisotopic (exact) mass is 484 g/mol. The summed E-state index contributed by atoms with van der Waals surface area (Å²) in [7, 11) is 0. The molecule has 0 radical (unpaired) electrons. The molecule has 0 spiro atoms. The molecule has 0 amide bonds. The molecule has 1 aromatic heterocycles. The molecule has 1 fully saturated rings. The van der Waals surface area contributed by atoms with Crippen LogP contribution in [0.2, 0.25) is 0 Å². The van der Waals surface area contributed by atoms with Crippen LogP contribution in [0.1, 0.15) is 64.8 Å². The number of nitrogens with zero attached hydrogens (tertiary/aromatic N) is 4. The van der Waals surface area contributed by atoms with E-state index in [-0.39, 0.29) is 11.7 Å². The number of hydrogen-bond donors (Lipinski definition) is 0. The molecule has 1 saturated heterocycles. The van der Waals surface area contributed by atoms with E-state index in [0.29, 0.717) is 24.7 Å². The number of ketones is 1. The van der Waals surface area contributed by atoms with Crippen molar-refractivity contribution in [2.24, 2.45) is 0 Å². The number of benzene rings is 2. The molecule has 36 heavy (non-hydrogen) atoms. The van der Waals surface area contributed by atoms with Gasteiger partial charge >= 0.3 is 0 Å². The number of carbonyl (C=O) groups is 1. The topological polar surface area (TPSA) is 67.8 Å². The number of Topliss-reactive ketones (excluding diaryl/α,β-unsaturated/α-hetero) is 1. The van der Waals surface area contributed by atoms with Crippen molar-refractivity contribution in [2.45, 2.75) is 45.1 Å². The van der Waals surface area contributed by atoms with Crippen molar-refractivity contribution in [2.75, 3.05) is 37.9 Å². The lowest BCUT2D eigenvalue weighted by Gasteiger charge is -2.35. The summed E-state index contributed by atoms with van der Waals surface area (Å²) >= 11 is 0. The molecule has 3 heterocycles. The van der Waals surface area contributed by atoms with E-state index in [1.807, 2.05) is 6.07 Å². The van der Waals surface area contributed by atoms with Crippen molar-refractivity contribution in [3.05, 3.63) is 76.6 Å². The molecule has 7 heteroatoms. The summed E-state index contributed by atoms with van der Waals surface area (Å²) in [4.78, 5) is 27.1. The Morgan fingerprint density at radius 2 is 1.75 bits per heavy atom. The number of fused-ring (bicyclic) bond motifs is 2. The minimum atomic E-state index is 0.147. The van der Waals surface area contributed by atoms with E-state index >= 15 is 0 Å². The van der Waals surface area contributed by atoms with Crippen molar-refractivity contribution in [3.8, 4) is 11.5 Å². The predicted octanol–water partition coefficient (Wildman–Crippen LogP) is 4.56. The molecule has 0 unspecified atom stereocenters. The van der Waals surface area contributed by atoms with Crippen LogP contribution in [0.5, 0.6) is 11.5 Å². The average molecular weight is 485 g/mol. The van der Waals surface area contributed by atoms with Gasteiger partial charge in [0.15, 0.2) is 17.3 Å². The number of hydrogen-bond acceptors (Lipinski definition) is 7. The standard InChI is InChI=1S/C29H32N4O3/c1-19(2)21-4-6-22(7-5-21)23-14-25-24(26(34)15-23)16-30-29(31-25)33-11-9-32(10-12-33)17-20-3-8-27-28(13-20)36-18-35-27/h3-8,13,16,19,23H,9-12,14-15,17-18H2,1-2H3/t23-/m1/s1. The second-order valence-corrected chi connectivity index (χ2v) is 10.3. The lowest BCUT2D eigenvalue weighted by molar-refractivity contribution is 0.0962. The maximum Gasteiger partial charge on any atom is 0.231 e. The highest BCUT2D eigenvalue weighted by atomic mass is 16.7. The zero-order valence-electron chi connectivity index (χ0n) is 20.9. The van der Waals surface area contributed by atoms with Crippen LogP contribution in [0, 0.1) is 0 Å². The van der Waals surface area contributed by atoms with Crippen molar-refractivity contribution < 1.29 is 14.3 Å². The van der Waals surface area contributed by atoms with Gasteiger partial charge in [-0.2, -0.15) is 0 Å². The summed E-state index contributed by atoms with van der Waals surface area (Å²) in [6.07, 6.45) is 3.05. The third-order valence-corrected chi connectivity index (χ3v) is 7.60. The van der Waals surface area contributed by atoms with Gasteiger partial charge in [-0.3, -0.25) is 9.69 Å². The third kappa shape index (κ3) is 4.55. The Labute approximate surface area is 212 Å². The molecule has 0 bridgehead atoms. The number of piperazine rings is 1. The summed E-state index contributed by atoms with van der Waals surface area (Å²) in [5.74, 6) is 3.21. The van der Waals surface area contributed by atoms with Crippen LogP contribution < -0.4 is 14.4 Å². The van der Waals surface area contributed by atoms with Crippen LogP contribution in [-0.4, -0.2) is 53.6 Å². The van der Waals surface area contributed by atoms with Crippen LogP contribution in [0.15, 0.2) is 48.7 Å². The lowest BCUT2D eigenvalue weighted by atomic mass is 9.81. The van der Waals surface area contributed by atoms with Crippen LogP contribution in [0.4, 0.5) is 5.95 Å². The Kier molecular flexibility index (Phi) is 6.09. The van der Waals surface area contributed by atoms with E-state index < -0.39 is 0 Å². The number of ether oxygens (including phenoxy) is 2. The van der Waals surface area contributed by atoms with Gasteiger partial charge in [0.25, 0.3) is 0 Å². The Bertz CT molecular complexity index is 1270. The van der Waals surface area contributed by atoms with Gasteiger partial charge in [-0.25, -0.2) is 9.97 Å². The highest BCUT2D eigenvalue weighted by Gasteiger charge is 2.29. The van der Waals surface area contributed by atoms with Gasteiger partial charge in [0.2, 0.25) is 12.7 Å². The Balaban J connectivity index is 1.11. The summed E-state index contributed by atoms with van der Waals surface area (Å²) in [6.45, 7) is 9.15. The fourth-order valence-corrected chi connectivity index (χ4v) is 5.38. The molecule has 7 nitrogen and oxygen atoms in total. The smallest absolute Gasteiger partial charge is 0.231 e. The second-order valence-electron chi connectivity index (χ2n) is 10.3. The van der Waals surface area contributed by atoms with Crippen LogP contribution in [-0.2, 0) is 13.0 Å². The van der Waals surface area contributed by atoms with Crippen LogP contribution in [0.25, 0.3) is 0 Å². The molecule has 2 aromatic carbocycles. The van der Waals surface area contributed by atoms with Crippen molar-refractivity contribution in [1.82, 2.24) is 14.9 Å². The number of rotatable bonds is 5. The Hall–Kier alpha value is -3.45. The number of carbonyl (C=O) groups excluding carboxylic acids is 1. The van der Waals surface area contributed by atoms with E-state index in [2.05, 4.69) is 65.0 Å².